The van der Waals surface area contributed by atoms with Crippen LogP contribution in [0.15, 0.2) is 35.5 Å². The molecule has 0 N–H and O–H groups in total. The third-order valence-corrected chi connectivity index (χ3v) is 8.74. The highest BCUT2D eigenvalue weighted by Gasteiger charge is 2.53. The average molecular weight is 385 g/mol. The van der Waals surface area contributed by atoms with Crippen molar-refractivity contribution in [1.29, 1.82) is 0 Å². The molecule has 2 fully saturated rings. The van der Waals surface area contributed by atoms with Gasteiger partial charge >= 0.3 is 5.97 Å². The Hall–Kier alpha value is -1.35. The number of ether oxygens (including phenoxy) is 2. The van der Waals surface area contributed by atoms with Crippen LogP contribution >= 0.6 is 0 Å². The summed E-state index contributed by atoms with van der Waals surface area (Å²) in [5.41, 5.74) is 4.64. The van der Waals surface area contributed by atoms with E-state index < -0.39 is 0 Å². The molecule has 2 aliphatic carbocycles. The molecule has 2 saturated carbocycles. The van der Waals surface area contributed by atoms with Gasteiger partial charge in [0.1, 0.15) is 6.61 Å². The van der Waals surface area contributed by atoms with Gasteiger partial charge < -0.3 is 9.47 Å². The largest absolute Gasteiger partial charge is 0.458 e. The second-order valence-electron chi connectivity index (χ2n) is 10.1. The van der Waals surface area contributed by atoms with Crippen LogP contribution in [0.3, 0.4) is 0 Å². The van der Waals surface area contributed by atoms with Crippen LogP contribution in [0.25, 0.3) is 0 Å². The molecule has 0 aromatic rings. The Morgan fingerprint density at radius 2 is 2.07 bits per heavy atom. The van der Waals surface area contributed by atoms with Crippen molar-refractivity contribution in [2.75, 3.05) is 13.2 Å². The lowest BCUT2D eigenvalue weighted by molar-refractivity contribution is -0.135. The predicted octanol–water partition coefficient (Wildman–Crippen LogP) is 5.76. The highest BCUT2D eigenvalue weighted by molar-refractivity contribution is 5.85. The van der Waals surface area contributed by atoms with E-state index in [-0.39, 0.29) is 12.1 Å². The first-order valence-corrected chi connectivity index (χ1v) is 11.2. The quantitative estimate of drug-likeness (QED) is 0.456. The van der Waals surface area contributed by atoms with Crippen LogP contribution < -0.4 is 0 Å². The van der Waals surface area contributed by atoms with Crippen molar-refractivity contribution in [3.63, 3.8) is 0 Å². The van der Waals surface area contributed by atoms with Gasteiger partial charge in [0.2, 0.25) is 0 Å². The summed E-state index contributed by atoms with van der Waals surface area (Å²) >= 11 is 0. The number of hydrogen-bond acceptors (Lipinski definition) is 3. The van der Waals surface area contributed by atoms with Gasteiger partial charge in [-0.25, -0.2) is 4.79 Å². The smallest absolute Gasteiger partial charge is 0.331 e. The Morgan fingerprint density at radius 3 is 2.75 bits per heavy atom. The molecule has 4 aliphatic rings. The van der Waals surface area contributed by atoms with Gasteiger partial charge in [-0.1, -0.05) is 39.0 Å². The van der Waals surface area contributed by atoms with Crippen molar-refractivity contribution < 1.29 is 14.3 Å². The zero-order chi connectivity index (χ0) is 19.9. The molecule has 0 bridgehead atoms. The maximum atomic E-state index is 11.3. The van der Waals surface area contributed by atoms with Crippen molar-refractivity contribution in [3.05, 3.63) is 35.5 Å². The minimum Gasteiger partial charge on any atom is -0.458 e. The summed E-state index contributed by atoms with van der Waals surface area (Å²) in [5.74, 6) is 1.29. The van der Waals surface area contributed by atoms with Gasteiger partial charge in [0.05, 0.1) is 12.7 Å². The van der Waals surface area contributed by atoms with E-state index in [4.69, 9.17) is 9.47 Å². The molecule has 0 amide bonds. The number of esters is 1. The van der Waals surface area contributed by atoms with Crippen molar-refractivity contribution >= 4 is 5.97 Å². The fourth-order valence-corrected chi connectivity index (χ4v) is 6.43. The Morgan fingerprint density at radius 1 is 1.25 bits per heavy atom. The number of allylic oxidation sites excluding steroid dienone is 1. The van der Waals surface area contributed by atoms with Gasteiger partial charge in [-0.15, -0.1) is 0 Å². The topological polar surface area (TPSA) is 35.5 Å². The number of cyclic esters (lactones) is 1. The minimum atomic E-state index is -0.232. The Bertz CT molecular complexity index is 717. The molecule has 2 heterocycles. The van der Waals surface area contributed by atoms with Crippen molar-refractivity contribution in [1.82, 2.24) is 0 Å². The lowest BCUT2D eigenvalue weighted by atomic mass is 9.46. The highest BCUT2D eigenvalue weighted by atomic mass is 16.5. The maximum absolute atomic E-state index is 11.3. The summed E-state index contributed by atoms with van der Waals surface area (Å²) in [5, 5.41) is 0. The van der Waals surface area contributed by atoms with E-state index in [0.29, 0.717) is 24.0 Å². The lowest BCUT2D eigenvalue weighted by Gasteiger charge is -2.59. The van der Waals surface area contributed by atoms with Crippen LogP contribution in [0.5, 0.6) is 0 Å². The first kappa shape index (κ1) is 19.9. The number of fused-ring (bicyclic) bond motifs is 1. The summed E-state index contributed by atoms with van der Waals surface area (Å²) in [6, 6.07) is 0. The van der Waals surface area contributed by atoms with Crippen LogP contribution in [0.1, 0.15) is 72.1 Å². The minimum absolute atomic E-state index is 0.0179. The van der Waals surface area contributed by atoms with Crippen LogP contribution in [-0.4, -0.2) is 25.3 Å². The number of carbonyl (C=O) groups is 1. The third kappa shape index (κ3) is 3.40. The maximum Gasteiger partial charge on any atom is 0.331 e. The fraction of sp³-hybridized carbons (Fsp3) is 0.720. The van der Waals surface area contributed by atoms with Crippen LogP contribution in [0.4, 0.5) is 0 Å². The lowest BCUT2D eigenvalue weighted by Crippen LogP contribution is -2.50. The summed E-state index contributed by atoms with van der Waals surface area (Å²) in [6.45, 7) is 13.1. The van der Waals surface area contributed by atoms with Crippen molar-refractivity contribution in [2.24, 2.45) is 22.7 Å². The standard InChI is InChI=1S/C25H36O3/c1-17-6-5-7-22-24(17,3)12-10-18(2)25(22,4)13-11-19-8-9-21(27-15-19)20-14-23(26)28-16-20/h8,14,18,21-22H,1,5-7,9-13,15-16H2,2-4H3/t18-,21+,22-,24-,25-/m1/s1. The molecule has 0 radical (unpaired) electrons. The Kier molecular flexibility index (Phi) is 5.33. The van der Waals surface area contributed by atoms with Crippen LogP contribution in [0, 0.1) is 22.7 Å². The molecule has 0 spiro atoms. The predicted molar refractivity (Wildman–Crippen MR) is 112 cm³/mol. The number of carbonyl (C=O) groups excluding carboxylic acids is 1. The molecule has 0 aromatic carbocycles. The molecule has 154 valence electrons. The summed E-state index contributed by atoms with van der Waals surface area (Å²) in [4.78, 5) is 11.3. The van der Waals surface area contributed by atoms with Gasteiger partial charge in [-0.3, -0.25) is 0 Å². The van der Waals surface area contributed by atoms with E-state index in [9.17, 15) is 4.79 Å². The molecule has 3 heteroatoms. The van der Waals surface area contributed by atoms with Gasteiger partial charge in [0.15, 0.2) is 0 Å². The summed E-state index contributed by atoms with van der Waals surface area (Å²) < 4.78 is 11.1. The van der Waals surface area contributed by atoms with Gasteiger partial charge in [0.25, 0.3) is 0 Å². The van der Waals surface area contributed by atoms with E-state index in [0.717, 1.165) is 30.3 Å². The van der Waals surface area contributed by atoms with Crippen LogP contribution in [-0.2, 0) is 14.3 Å². The van der Waals surface area contributed by atoms with Gasteiger partial charge in [0, 0.05) is 11.6 Å². The highest BCUT2D eigenvalue weighted by Crippen LogP contribution is 2.62. The number of rotatable bonds is 4. The second-order valence-corrected chi connectivity index (χ2v) is 10.1. The molecule has 0 aromatic heterocycles. The zero-order valence-corrected chi connectivity index (χ0v) is 17.9. The van der Waals surface area contributed by atoms with E-state index in [2.05, 4.69) is 33.4 Å². The monoisotopic (exact) mass is 384 g/mol. The SMILES string of the molecule is C=C1CCC[C@H]2[C@](C)(CCC3=CC[C@@H](C4=CC(=O)OC4)OC3)[C@H](C)CC[C@]12C. The van der Waals surface area contributed by atoms with Crippen LogP contribution in [0.2, 0.25) is 0 Å². The molecule has 4 rings (SSSR count). The zero-order valence-electron chi connectivity index (χ0n) is 17.9. The first-order chi connectivity index (χ1) is 13.3. The second kappa shape index (κ2) is 7.48. The van der Waals surface area contributed by atoms with E-state index in [1.54, 1.807) is 6.08 Å². The molecule has 28 heavy (non-hydrogen) atoms. The molecule has 3 nitrogen and oxygen atoms in total. The summed E-state index contributed by atoms with van der Waals surface area (Å²) in [6.07, 6.45) is 13.7. The van der Waals surface area contributed by atoms with E-state index in [1.165, 1.54) is 49.7 Å². The number of hydrogen-bond donors (Lipinski definition) is 0. The Labute approximate surface area is 170 Å². The molecular formula is C25H36O3. The first-order valence-electron chi connectivity index (χ1n) is 11.2. The van der Waals surface area contributed by atoms with Gasteiger partial charge in [-0.2, -0.15) is 0 Å². The Balaban J connectivity index is 1.42. The molecule has 0 saturated heterocycles. The van der Waals surface area contributed by atoms with E-state index >= 15 is 0 Å². The average Bonchev–Trinajstić information content (AvgIpc) is 3.12. The molecule has 5 atom stereocenters. The van der Waals surface area contributed by atoms with Gasteiger partial charge in [-0.05, 0) is 79.6 Å². The van der Waals surface area contributed by atoms with E-state index in [1.807, 2.05) is 0 Å². The van der Waals surface area contributed by atoms with Crippen molar-refractivity contribution in [2.45, 2.75) is 78.2 Å². The van der Waals surface area contributed by atoms with Crippen molar-refractivity contribution in [3.8, 4) is 0 Å². The molecular weight excluding hydrogens is 348 g/mol. The third-order valence-electron chi connectivity index (χ3n) is 8.74. The summed E-state index contributed by atoms with van der Waals surface area (Å²) in [7, 11) is 0. The molecule has 0 unspecified atom stereocenters. The normalized spacial score (nSPS) is 41.2. The molecule has 2 aliphatic heterocycles. The fourth-order valence-electron chi connectivity index (χ4n) is 6.43.